The van der Waals surface area contributed by atoms with Crippen molar-refractivity contribution in [3.8, 4) is 22.5 Å². The molecule has 3 heterocycles. The van der Waals surface area contributed by atoms with Crippen LogP contribution >= 0.6 is 0 Å². The average Bonchev–Trinajstić information content (AvgIpc) is 3.27. The van der Waals surface area contributed by atoms with Gasteiger partial charge in [0.05, 0.1) is 30.1 Å². The number of amides is 3. The van der Waals surface area contributed by atoms with Crippen LogP contribution in [0.5, 0.6) is 0 Å². The van der Waals surface area contributed by atoms with Gasteiger partial charge in [0.25, 0.3) is 17.4 Å². The number of nitrogens with zero attached hydrogens (tertiary/aromatic N) is 4. The summed E-state index contributed by atoms with van der Waals surface area (Å²) in [6.07, 6.45) is 0.980. The van der Waals surface area contributed by atoms with Crippen LogP contribution in [0.3, 0.4) is 0 Å². The van der Waals surface area contributed by atoms with E-state index >= 15 is 0 Å². The highest BCUT2D eigenvalue weighted by Gasteiger charge is 2.25. The number of hydrogen-bond donors (Lipinski definition) is 9. The fourth-order valence-corrected chi connectivity index (χ4v) is 6.88. The standard InChI is InChI=1S/C44H41N11O9/c1-55(2)27-9-12-30-34(19-27)64-33-18-24(45)6-11-29(33)36(30)28-10-5-23(17-31(28)42(60)61)39(57)48-16-15-47-35(56)14-13-32(43(62)63)52-40(58)22-3-7-25(8-4-22)49-20-26-21-50-38-37(51-26)41(59)54-44(46)53-38/h3-12,17-19,21,32,45H,13-16,20H2,1-2H3,(H9,46,47,48,49,50,52,53,54,56,57,58,59,60,61,62,63)/p+1. The zero-order valence-electron chi connectivity index (χ0n) is 34.4. The number of benzene rings is 4. The minimum atomic E-state index is -1.38. The highest BCUT2D eigenvalue weighted by molar-refractivity contribution is 6.09. The van der Waals surface area contributed by atoms with Crippen molar-refractivity contribution in [2.75, 3.05) is 44.0 Å². The first-order valence-corrected chi connectivity index (χ1v) is 19.7. The number of anilines is 3. The molecule has 11 N–H and O–H groups in total. The molecule has 20 heteroatoms. The molecule has 3 aromatic carbocycles. The van der Waals surface area contributed by atoms with Crippen LogP contribution in [-0.4, -0.2) is 93.0 Å². The Morgan fingerprint density at radius 3 is 2.31 bits per heavy atom. The van der Waals surface area contributed by atoms with Crippen molar-refractivity contribution in [1.82, 2.24) is 40.5 Å². The fourth-order valence-electron chi connectivity index (χ4n) is 6.88. The summed E-state index contributed by atoms with van der Waals surface area (Å²) < 4.78 is 8.12. The van der Waals surface area contributed by atoms with Gasteiger partial charge in [0.2, 0.25) is 17.2 Å². The highest BCUT2D eigenvalue weighted by atomic mass is 16.4. The number of rotatable bonds is 15. The maximum absolute atomic E-state index is 13.2. The normalized spacial score (nSPS) is 11.5. The molecule has 0 bridgehead atoms. The minimum absolute atomic E-state index is 0.0133. The van der Waals surface area contributed by atoms with Gasteiger partial charge in [-0.2, -0.15) is 4.98 Å². The summed E-state index contributed by atoms with van der Waals surface area (Å²) in [6, 6.07) is 19.9. The number of nitrogen functional groups attached to an aromatic ring is 2. The van der Waals surface area contributed by atoms with Gasteiger partial charge in [-0.1, -0.05) is 6.07 Å². The van der Waals surface area contributed by atoms with Crippen LogP contribution in [0.2, 0.25) is 0 Å². The number of aromatic carboxylic acids is 1. The molecule has 1 aliphatic carbocycles. The second kappa shape index (κ2) is 18.5. The summed E-state index contributed by atoms with van der Waals surface area (Å²) >= 11 is 0. The van der Waals surface area contributed by atoms with E-state index in [0.717, 1.165) is 5.36 Å². The molecule has 1 unspecified atom stereocenters. The first-order chi connectivity index (χ1) is 30.6. The molecule has 2 aromatic heterocycles. The Hall–Kier alpha value is -8.68. The number of carbonyl (C=O) groups excluding carboxylic acids is 3. The molecule has 0 radical (unpaired) electrons. The Bertz CT molecular complexity index is 3090. The summed E-state index contributed by atoms with van der Waals surface area (Å²) in [6.45, 7) is 0.153. The molecule has 5 aromatic rings. The van der Waals surface area contributed by atoms with Crippen LogP contribution in [0.25, 0.3) is 44.6 Å². The van der Waals surface area contributed by atoms with Crippen molar-refractivity contribution in [2.24, 2.45) is 0 Å². The number of hydrogen-bond acceptors (Lipinski definition) is 13. The molecule has 0 saturated carbocycles. The molecule has 0 spiro atoms. The number of nitrogens with one attached hydrogen (secondary N) is 5. The van der Waals surface area contributed by atoms with Gasteiger partial charge in [0.1, 0.15) is 31.5 Å². The van der Waals surface area contributed by atoms with Crippen LogP contribution in [-0.2, 0) is 16.1 Å². The van der Waals surface area contributed by atoms with E-state index in [9.17, 15) is 39.0 Å². The molecule has 1 aliphatic heterocycles. The van der Waals surface area contributed by atoms with Crippen molar-refractivity contribution >= 4 is 69.1 Å². The van der Waals surface area contributed by atoms with Gasteiger partial charge < -0.3 is 47.4 Å². The molecule has 0 fully saturated rings. The molecule has 20 nitrogen and oxygen atoms in total. The van der Waals surface area contributed by atoms with Gasteiger partial charge in [0, 0.05) is 70.7 Å². The first kappa shape index (κ1) is 43.4. The average molecular weight is 869 g/mol. The van der Waals surface area contributed by atoms with Crippen molar-refractivity contribution in [1.29, 1.82) is 0 Å². The molecule has 7 rings (SSSR count). The molecule has 64 heavy (non-hydrogen) atoms. The van der Waals surface area contributed by atoms with Gasteiger partial charge in [-0.15, -0.1) is 0 Å². The molecular weight excluding hydrogens is 827 g/mol. The number of nitrogens with two attached hydrogens (primary N) is 2. The molecular formula is C44H42N11O9+. The maximum atomic E-state index is 13.2. The minimum Gasteiger partial charge on any atom is -0.480 e. The summed E-state index contributed by atoms with van der Waals surface area (Å²) in [5.74, 6) is -3.92. The third kappa shape index (κ3) is 9.76. The quantitative estimate of drug-likeness (QED) is 0.0309. The van der Waals surface area contributed by atoms with Crippen molar-refractivity contribution in [3.63, 3.8) is 0 Å². The SMILES string of the molecule is C[N+](C)=c1ccc2c(-c3ccc(C(=O)NCCNC(=O)CCC(NC(=O)c4ccc(NCc5cnc6nc(N)[nH]c(=O)c6n5)cc4)C(=O)O)cc3C(=O)O)c3ccc(N)cc3oc-2c1. The van der Waals surface area contributed by atoms with Gasteiger partial charge in [-0.25, -0.2) is 24.1 Å². The van der Waals surface area contributed by atoms with Gasteiger partial charge >= 0.3 is 11.9 Å². The number of aromatic amines is 1. The Kier molecular flexibility index (Phi) is 12.6. The van der Waals surface area contributed by atoms with E-state index in [-0.39, 0.29) is 66.3 Å². The van der Waals surface area contributed by atoms with E-state index in [1.807, 2.05) is 36.9 Å². The molecule has 2 aliphatic rings. The Balaban J connectivity index is 0.911. The van der Waals surface area contributed by atoms with E-state index in [0.29, 0.717) is 50.5 Å². The van der Waals surface area contributed by atoms with E-state index in [1.165, 1.54) is 30.5 Å². The van der Waals surface area contributed by atoms with Gasteiger partial charge in [0.15, 0.2) is 11.2 Å². The number of carboxylic acid groups (broad SMARTS) is 2. The third-order valence-electron chi connectivity index (χ3n) is 10.1. The summed E-state index contributed by atoms with van der Waals surface area (Å²) in [5.41, 5.74) is 14.9. The largest absolute Gasteiger partial charge is 0.480 e. The Morgan fingerprint density at radius 1 is 0.844 bits per heavy atom. The number of H-pyrrole nitrogens is 1. The lowest BCUT2D eigenvalue weighted by atomic mass is 9.89. The van der Waals surface area contributed by atoms with E-state index in [1.54, 1.807) is 36.4 Å². The summed E-state index contributed by atoms with van der Waals surface area (Å²) in [5, 5.41) is 32.4. The molecule has 326 valence electrons. The van der Waals surface area contributed by atoms with Gasteiger partial charge in [-0.3, -0.25) is 24.2 Å². The second-order valence-electron chi connectivity index (χ2n) is 14.8. The molecule has 3 amide bonds. The lowest BCUT2D eigenvalue weighted by molar-refractivity contribution is -0.139. The molecule has 0 saturated heterocycles. The van der Waals surface area contributed by atoms with E-state index in [4.69, 9.17) is 15.9 Å². The van der Waals surface area contributed by atoms with Crippen LogP contribution in [0.15, 0.2) is 94.3 Å². The van der Waals surface area contributed by atoms with Crippen LogP contribution < -0.4 is 48.2 Å². The smallest absolute Gasteiger partial charge is 0.336 e. The number of carboxylic acids is 2. The number of aliphatic carboxylic acids is 1. The second-order valence-corrected chi connectivity index (χ2v) is 14.8. The zero-order chi connectivity index (χ0) is 45.7. The lowest BCUT2D eigenvalue weighted by Gasteiger charge is -2.17. The monoisotopic (exact) mass is 868 g/mol. The first-order valence-electron chi connectivity index (χ1n) is 19.7. The summed E-state index contributed by atoms with van der Waals surface area (Å²) in [4.78, 5) is 90.2. The van der Waals surface area contributed by atoms with Crippen LogP contribution in [0, 0.1) is 0 Å². The topological polar surface area (TPSA) is 314 Å². The lowest BCUT2D eigenvalue weighted by Crippen LogP contribution is -2.42. The maximum Gasteiger partial charge on any atom is 0.336 e. The van der Waals surface area contributed by atoms with E-state index < -0.39 is 41.3 Å². The Labute approximate surface area is 362 Å². The van der Waals surface area contributed by atoms with Gasteiger partial charge in [-0.05, 0) is 66.6 Å². The van der Waals surface area contributed by atoms with Crippen LogP contribution in [0.4, 0.5) is 17.3 Å². The van der Waals surface area contributed by atoms with E-state index in [2.05, 4.69) is 41.2 Å². The van der Waals surface area contributed by atoms with Crippen LogP contribution in [0.1, 0.15) is 49.6 Å². The van der Waals surface area contributed by atoms with Crippen molar-refractivity contribution < 1.29 is 38.6 Å². The van der Waals surface area contributed by atoms with Crippen molar-refractivity contribution in [2.45, 2.75) is 25.4 Å². The molecule has 1 atom stereocenters. The Morgan fingerprint density at radius 2 is 1.58 bits per heavy atom. The number of fused-ring (bicyclic) bond motifs is 3. The zero-order valence-corrected chi connectivity index (χ0v) is 34.4. The highest BCUT2D eigenvalue weighted by Crippen LogP contribution is 2.41. The number of carbonyl (C=O) groups is 5. The van der Waals surface area contributed by atoms with Crippen molar-refractivity contribution in [3.05, 3.63) is 123 Å². The predicted molar refractivity (Wildman–Crippen MR) is 236 cm³/mol. The number of aromatic nitrogens is 4. The third-order valence-corrected chi connectivity index (χ3v) is 10.1. The fraction of sp³-hybridized carbons (Fsp3) is 0.182. The summed E-state index contributed by atoms with van der Waals surface area (Å²) in [7, 11) is 3.78. The predicted octanol–water partition coefficient (Wildman–Crippen LogP) is 2.25.